The molecule has 1 N–H and O–H groups in total. The fourth-order valence-corrected chi connectivity index (χ4v) is 3.02. The Morgan fingerprint density at radius 3 is 2.75 bits per heavy atom. The van der Waals surface area contributed by atoms with Crippen LogP contribution in [0.5, 0.6) is 0 Å². The second-order valence-corrected chi connectivity index (χ2v) is 5.22. The van der Waals surface area contributed by atoms with E-state index in [1.54, 1.807) is 0 Å². The summed E-state index contributed by atoms with van der Waals surface area (Å²) in [5, 5.41) is 3.54. The van der Waals surface area contributed by atoms with Crippen molar-refractivity contribution < 1.29 is 0 Å². The van der Waals surface area contributed by atoms with Gasteiger partial charge in [0.25, 0.3) is 0 Å². The average Bonchev–Trinajstić information content (AvgIpc) is 2.34. The molecule has 1 fully saturated rings. The van der Waals surface area contributed by atoms with Gasteiger partial charge >= 0.3 is 0 Å². The van der Waals surface area contributed by atoms with Crippen molar-refractivity contribution >= 4 is 0 Å². The summed E-state index contributed by atoms with van der Waals surface area (Å²) >= 11 is 0. The molecule has 0 aliphatic carbocycles. The summed E-state index contributed by atoms with van der Waals surface area (Å²) in [4.78, 5) is 0. The van der Waals surface area contributed by atoms with Gasteiger partial charge in [0, 0.05) is 0 Å². The zero-order chi connectivity index (χ0) is 11.4. The van der Waals surface area contributed by atoms with E-state index in [-0.39, 0.29) is 0 Å². The molecule has 2 rings (SSSR count). The number of nitrogens with one attached hydrogen (secondary N) is 1. The summed E-state index contributed by atoms with van der Waals surface area (Å²) in [6, 6.07) is 11.1. The quantitative estimate of drug-likeness (QED) is 0.818. The number of hydrogen-bond acceptors (Lipinski definition) is 1. The normalized spacial score (nSPS) is 30.2. The van der Waals surface area contributed by atoms with E-state index < -0.39 is 0 Å². The molecule has 1 saturated heterocycles. The second kappa shape index (κ2) is 5.01. The molecule has 1 heteroatoms. The van der Waals surface area contributed by atoms with Crippen molar-refractivity contribution in [2.24, 2.45) is 5.92 Å². The third-order valence-electron chi connectivity index (χ3n) is 4.18. The lowest BCUT2D eigenvalue weighted by Gasteiger charge is -2.42. The zero-order valence-corrected chi connectivity index (χ0v) is 10.5. The van der Waals surface area contributed by atoms with E-state index in [4.69, 9.17) is 0 Å². The van der Waals surface area contributed by atoms with Gasteiger partial charge < -0.3 is 5.32 Å². The molecular formula is C15H23N. The lowest BCUT2D eigenvalue weighted by molar-refractivity contribution is 0.206. The van der Waals surface area contributed by atoms with Gasteiger partial charge in [-0.15, -0.1) is 0 Å². The van der Waals surface area contributed by atoms with Crippen molar-refractivity contribution in [2.75, 3.05) is 13.1 Å². The standard InChI is InChI=1S/C15H23N/c1-3-7-14-12-16-11-10-15(14,2)13-8-5-4-6-9-13/h4-6,8-9,14,16H,3,7,10-12H2,1-2H3. The van der Waals surface area contributed by atoms with E-state index in [0.717, 1.165) is 12.5 Å². The van der Waals surface area contributed by atoms with Crippen molar-refractivity contribution in [2.45, 2.75) is 38.5 Å². The van der Waals surface area contributed by atoms with E-state index in [1.165, 1.54) is 31.4 Å². The van der Waals surface area contributed by atoms with E-state index >= 15 is 0 Å². The fraction of sp³-hybridized carbons (Fsp3) is 0.600. The Balaban J connectivity index is 2.26. The van der Waals surface area contributed by atoms with Crippen LogP contribution in [0.15, 0.2) is 30.3 Å². The zero-order valence-electron chi connectivity index (χ0n) is 10.5. The molecule has 2 unspecified atom stereocenters. The van der Waals surface area contributed by atoms with E-state index in [2.05, 4.69) is 49.5 Å². The van der Waals surface area contributed by atoms with Crippen LogP contribution < -0.4 is 5.32 Å². The van der Waals surface area contributed by atoms with Gasteiger partial charge in [-0.2, -0.15) is 0 Å². The molecule has 0 saturated carbocycles. The van der Waals surface area contributed by atoms with Crippen LogP contribution in [-0.4, -0.2) is 13.1 Å². The maximum absolute atomic E-state index is 3.54. The summed E-state index contributed by atoms with van der Waals surface area (Å²) in [6.45, 7) is 7.08. The molecule has 1 aliphatic heterocycles. The number of rotatable bonds is 3. The van der Waals surface area contributed by atoms with Crippen LogP contribution in [0, 0.1) is 5.92 Å². The maximum atomic E-state index is 3.54. The first-order chi connectivity index (χ1) is 7.77. The second-order valence-electron chi connectivity index (χ2n) is 5.22. The van der Waals surface area contributed by atoms with Crippen LogP contribution in [0.25, 0.3) is 0 Å². The Morgan fingerprint density at radius 2 is 2.06 bits per heavy atom. The first-order valence-corrected chi connectivity index (χ1v) is 6.53. The summed E-state index contributed by atoms with van der Waals surface area (Å²) in [5.74, 6) is 0.786. The highest BCUT2D eigenvalue weighted by Gasteiger charge is 2.36. The largest absolute Gasteiger partial charge is 0.316 e. The lowest BCUT2D eigenvalue weighted by Crippen LogP contribution is -2.46. The van der Waals surface area contributed by atoms with Gasteiger partial charge in [0.2, 0.25) is 0 Å². The number of hydrogen-bond donors (Lipinski definition) is 1. The van der Waals surface area contributed by atoms with Crippen LogP contribution in [0.1, 0.15) is 38.7 Å². The Morgan fingerprint density at radius 1 is 1.31 bits per heavy atom. The van der Waals surface area contributed by atoms with Gasteiger partial charge in [0.05, 0.1) is 0 Å². The smallest absolute Gasteiger partial charge is 0.00121 e. The van der Waals surface area contributed by atoms with Crippen LogP contribution in [0.4, 0.5) is 0 Å². The van der Waals surface area contributed by atoms with Crippen molar-refractivity contribution in [3.8, 4) is 0 Å². The van der Waals surface area contributed by atoms with Gasteiger partial charge in [-0.25, -0.2) is 0 Å². The van der Waals surface area contributed by atoms with Crippen LogP contribution >= 0.6 is 0 Å². The van der Waals surface area contributed by atoms with E-state index in [9.17, 15) is 0 Å². The van der Waals surface area contributed by atoms with Crippen molar-refractivity contribution in [3.05, 3.63) is 35.9 Å². The lowest BCUT2D eigenvalue weighted by atomic mass is 9.66. The summed E-state index contributed by atoms with van der Waals surface area (Å²) in [6.07, 6.45) is 3.88. The van der Waals surface area contributed by atoms with Crippen LogP contribution in [0.3, 0.4) is 0 Å². The first-order valence-electron chi connectivity index (χ1n) is 6.53. The molecule has 1 heterocycles. The Hall–Kier alpha value is -0.820. The Labute approximate surface area is 99.3 Å². The maximum Gasteiger partial charge on any atom is -0.00121 e. The highest BCUT2D eigenvalue weighted by Crippen LogP contribution is 2.39. The highest BCUT2D eigenvalue weighted by atomic mass is 14.9. The SMILES string of the molecule is CCCC1CNCCC1(C)c1ccccc1. The van der Waals surface area contributed by atoms with Crippen LogP contribution in [0.2, 0.25) is 0 Å². The van der Waals surface area contributed by atoms with Crippen LogP contribution in [-0.2, 0) is 5.41 Å². The van der Waals surface area contributed by atoms with E-state index in [1.807, 2.05) is 0 Å². The fourth-order valence-electron chi connectivity index (χ4n) is 3.02. The summed E-state index contributed by atoms with van der Waals surface area (Å²) < 4.78 is 0. The minimum atomic E-state index is 0.377. The number of benzene rings is 1. The minimum absolute atomic E-state index is 0.377. The Kier molecular flexibility index (Phi) is 3.65. The molecule has 1 nitrogen and oxygen atoms in total. The summed E-state index contributed by atoms with van der Waals surface area (Å²) in [5.41, 5.74) is 1.90. The topological polar surface area (TPSA) is 12.0 Å². The third-order valence-corrected chi connectivity index (χ3v) is 4.18. The highest BCUT2D eigenvalue weighted by molar-refractivity contribution is 5.26. The molecule has 2 atom stereocenters. The van der Waals surface area contributed by atoms with Crippen molar-refractivity contribution in [1.82, 2.24) is 5.32 Å². The Bertz CT molecular complexity index is 317. The third kappa shape index (κ3) is 2.15. The molecule has 16 heavy (non-hydrogen) atoms. The average molecular weight is 217 g/mol. The molecule has 1 aromatic rings. The molecular weight excluding hydrogens is 194 g/mol. The van der Waals surface area contributed by atoms with Gasteiger partial charge in [-0.3, -0.25) is 0 Å². The van der Waals surface area contributed by atoms with E-state index in [0.29, 0.717) is 5.41 Å². The molecule has 1 aromatic carbocycles. The minimum Gasteiger partial charge on any atom is -0.316 e. The molecule has 0 amide bonds. The van der Waals surface area contributed by atoms with Crippen molar-refractivity contribution in [1.29, 1.82) is 0 Å². The van der Waals surface area contributed by atoms with Crippen molar-refractivity contribution in [3.63, 3.8) is 0 Å². The molecule has 0 radical (unpaired) electrons. The molecule has 0 bridgehead atoms. The molecule has 0 spiro atoms. The first kappa shape index (κ1) is 11.7. The van der Waals surface area contributed by atoms with Gasteiger partial charge in [0.1, 0.15) is 0 Å². The molecule has 1 aliphatic rings. The number of piperidine rings is 1. The predicted molar refractivity (Wildman–Crippen MR) is 69.7 cm³/mol. The van der Waals surface area contributed by atoms with Gasteiger partial charge in [0.15, 0.2) is 0 Å². The predicted octanol–water partition coefficient (Wildman–Crippen LogP) is 3.35. The van der Waals surface area contributed by atoms with Gasteiger partial charge in [-0.1, -0.05) is 50.6 Å². The van der Waals surface area contributed by atoms with Gasteiger partial charge in [-0.05, 0) is 42.8 Å². The molecule has 0 aromatic heterocycles. The molecule has 88 valence electrons. The monoisotopic (exact) mass is 217 g/mol. The summed E-state index contributed by atoms with van der Waals surface area (Å²) in [7, 11) is 0.